The van der Waals surface area contributed by atoms with Gasteiger partial charge in [0, 0.05) is 30.1 Å². The van der Waals surface area contributed by atoms with Gasteiger partial charge in [-0.1, -0.05) is 17.8 Å². The lowest BCUT2D eigenvalue weighted by molar-refractivity contribution is 0.102. The molecule has 2 aromatic heterocycles. The monoisotopic (exact) mass is 396 g/mol. The molecular weight excluding hydrogens is 376 g/mol. The molecule has 0 unspecified atom stereocenters. The van der Waals surface area contributed by atoms with Crippen LogP contribution in [0.2, 0.25) is 0 Å². The van der Waals surface area contributed by atoms with E-state index in [4.69, 9.17) is 9.47 Å². The zero-order valence-corrected chi connectivity index (χ0v) is 16.5. The van der Waals surface area contributed by atoms with Crippen LogP contribution < -0.4 is 9.47 Å². The number of methoxy groups -OCH3 is 2. The fourth-order valence-electron chi connectivity index (χ4n) is 2.62. The Labute approximate surface area is 167 Å². The van der Waals surface area contributed by atoms with Crippen LogP contribution in [-0.4, -0.2) is 45.5 Å². The molecule has 144 valence electrons. The summed E-state index contributed by atoms with van der Waals surface area (Å²) in [5, 5.41) is 9.15. The molecule has 0 aliphatic heterocycles. The van der Waals surface area contributed by atoms with Gasteiger partial charge in [-0.3, -0.25) is 14.3 Å². The highest BCUT2D eigenvalue weighted by molar-refractivity contribution is 7.99. The van der Waals surface area contributed by atoms with E-state index in [2.05, 4.69) is 21.8 Å². The number of carbonyl (C=O) groups excluding carboxylic acids is 1. The zero-order chi connectivity index (χ0) is 19.9. The molecule has 28 heavy (non-hydrogen) atoms. The standard InChI is InChI=1S/C20H20N4O3S/c1-4-10-24-19(15-6-5-9-21-12-15)22-23-20(24)28-13-16(25)14-7-8-17(26-2)18(11-14)27-3/h4-9,11-12H,1,10,13H2,2-3H3. The van der Waals surface area contributed by atoms with Crippen LogP contribution in [0.3, 0.4) is 0 Å². The van der Waals surface area contributed by atoms with Crippen molar-refractivity contribution in [2.75, 3.05) is 20.0 Å². The molecule has 0 aliphatic carbocycles. The van der Waals surface area contributed by atoms with E-state index >= 15 is 0 Å². The highest BCUT2D eigenvalue weighted by Crippen LogP contribution is 2.29. The van der Waals surface area contributed by atoms with E-state index in [0.717, 1.165) is 5.56 Å². The van der Waals surface area contributed by atoms with Crippen LogP contribution in [0.1, 0.15) is 10.4 Å². The minimum absolute atomic E-state index is 0.0398. The minimum atomic E-state index is -0.0398. The van der Waals surface area contributed by atoms with Gasteiger partial charge in [-0.2, -0.15) is 0 Å². The van der Waals surface area contributed by atoms with Gasteiger partial charge in [0.2, 0.25) is 0 Å². The number of carbonyl (C=O) groups is 1. The molecule has 1 aromatic carbocycles. The van der Waals surface area contributed by atoms with Crippen LogP contribution >= 0.6 is 11.8 Å². The van der Waals surface area contributed by atoms with Crippen molar-refractivity contribution in [2.24, 2.45) is 0 Å². The van der Waals surface area contributed by atoms with E-state index in [0.29, 0.717) is 34.6 Å². The SMILES string of the molecule is C=CCn1c(SCC(=O)c2ccc(OC)c(OC)c2)nnc1-c1cccnc1. The third kappa shape index (κ3) is 4.23. The number of benzene rings is 1. The second kappa shape index (κ2) is 9.18. The van der Waals surface area contributed by atoms with Gasteiger partial charge < -0.3 is 9.47 Å². The predicted molar refractivity (Wildman–Crippen MR) is 108 cm³/mol. The molecule has 0 fully saturated rings. The Morgan fingerprint density at radius 3 is 2.71 bits per heavy atom. The highest BCUT2D eigenvalue weighted by atomic mass is 32.2. The van der Waals surface area contributed by atoms with Crippen molar-refractivity contribution in [1.29, 1.82) is 0 Å². The second-order valence-electron chi connectivity index (χ2n) is 5.73. The van der Waals surface area contributed by atoms with Crippen LogP contribution in [0.4, 0.5) is 0 Å². The summed E-state index contributed by atoms with van der Waals surface area (Å²) in [4.78, 5) is 16.8. The van der Waals surface area contributed by atoms with E-state index in [1.165, 1.54) is 11.8 Å². The van der Waals surface area contributed by atoms with Gasteiger partial charge >= 0.3 is 0 Å². The average molecular weight is 396 g/mol. The van der Waals surface area contributed by atoms with Crippen molar-refractivity contribution in [3.05, 3.63) is 60.9 Å². The number of rotatable bonds is 9. The Morgan fingerprint density at radius 2 is 2.04 bits per heavy atom. The first kappa shape index (κ1) is 19.6. The Morgan fingerprint density at radius 1 is 1.21 bits per heavy atom. The Bertz CT molecular complexity index is 973. The summed E-state index contributed by atoms with van der Waals surface area (Å²) in [6.45, 7) is 4.33. The number of hydrogen-bond acceptors (Lipinski definition) is 7. The van der Waals surface area contributed by atoms with Gasteiger partial charge in [-0.25, -0.2) is 0 Å². The van der Waals surface area contributed by atoms with Crippen molar-refractivity contribution in [3.8, 4) is 22.9 Å². The minimum Gasteiger partial charge on any atom is -0.493 e. The number of thioether (sulfide) groups is 1. The molecule has 0 bridgehead atoms. The first-order chi connectivity index (χ1) is 13.7. The van der Waals surface area contributed by atoms with Gasteiger partial charge in [0.15, 0.2) is 28.3 Å². The molecule has 0 saturated heterocycles. The summed E-state index contributed by atoms with van der Waals surface area (Å²) in [7, 11) is 3.10. The first-order valence-corrected chi connectivity index (χ1v) is 9.49. The predicted octanol–water partition coefficient (Wildman–Crippen LogP) is 3.52. The van der Waals surface area contributed by atoms with Gasteiger partial charge in [-0.15, -0.1) is 16.8 Å². The van der Waals surface area contributed by atoms with E-state index in [1.54, 1.807) is 50.9 Å². The van der Waals surface area contributed by atoms with Crippen molar-refractivity contribution >= 4 is 17.5 Å². The third-order valence-corrected chi connectivity index (χ3v) is 4.95. The van der Waals surface area contributed by atoms with Gasteiger partial charge in [0.05, 0.1) is 20.0 Å². The molecule has 2 heterocycles. The fourth-order valence-corrected chi connectivity index (χ4v) is 3.46. The Balaban J connectivity index is 1.78. The largest absolute Gasteiger partial charge is 0.493 e. The van der Waals surface area contributed by atoms with Crippen molar-refractivity contribution < 1.29 is 14.3 Å². The summed E-state index contributed by atoms with van der Waals surface area (Å²) in [5.41, 5.74) is 1.40. The maximum Gasteiger partial charge on any atom is 0.192 e. The van der Waals surface area contributed by atoms with Crippen molar-refractivity contribution in [3.63, 3.8) is 0 Å². The molecule has 3 rings (SSSR count). The zero-order valence-electron chi connectivity index (χ0n) is 15.7. The molecule has 7 nitrogen and oxygen atoms in total. The summed E-state index contributed by atoms with van der Waals surface area (Å²) >= 11 is 1.33. The normalized spacial score (nSPS) is 10.5. The van der Waals surface area contributed by atoms with E-state index in [9.17, 15) is 4.79 Å². The first-order valence-electron chi connectivity index (χ1n) is 8.50. The lowest BCUT2D eigenvalue weighted by atomic mass is 10.1. The lowest BCUT2D eigenvalue weighted by Gasteiger charge is -2.09. The summed E-state index contributed by atoms with van der Waals surface area (Å²) < 4.78 is 12.4. The van der Waals surface area contributed by atoms with Crippen molar-refractivity contribution in [2.45, 2.75) is 11.7 Å². The average Bonchev–Trinajstić information content (AvgIpc) is 3.15. The molecule has 0 spiro atoms. The van der Waals surface area contributed by atoms with Crippen LogP contribution in [0.5, 0.6) is 11.5 Å². The molecule has 3 aromatic rings. The maximum atomic E-state index is 12.6. The molecule has 0 atom stereocenters. The molecular formula is C20H20N4O3S. The molecule has 0 radical (unpaired) electrons. The van der Waals surface area contributed by atoms with Crippen molar-refractivity contribution in [1.82, 2.24) is 19.7 Å². The van der Waals surface area contributed by atoms with E-state index in [-0.39, 0.29) is 11.5 Å². The Kier molecular flexibility index (Phi) is 6.44. The summed E-state index contributed by atoms with van der Waals surface area (Å²) in [6.07, 6.45) is 5.20. The van der Waals surface area contributed by atoms with Crippen LogP contribution in [0.15, 0.2) is 60.5 Å². The van der Waals surface area contributed by atoms with Crippen LogP contribution in [0.25, 0.3) is 11.4 Å². The number of allylic oxidation sites excluding steroid dienone is 1. The van der Waals surface area contributed by atoms with E-state index in [1.807, 2.05) is 16.7 Å². The van der Waals surface area contributed by atoms with Gasteiger partial charge in [-0.05, 0) is 30.3 Å². The molecule has 0 aliphatic rings. The number of hydrogen-bond donors (Lipinski definition) is 0. The lowest BCUT2D eigenvalue weighted by Crippen LogP contribution is -2.06. The topological polar surface area (TPSA) is 79.1 Å². The van der Waals surface area contributed by atoms with Gasteiger partial charge in [0.1, 0.15) is 0 Å². The van der Waals surface area contributed by atoms with Crippen LogP contribution in [-0.2, 0) is 6.54 Å². The number of aromatic nitrogens is 4. The molecule has 0 saturated carbocycles. The number of Topliss-reactive ketones (excluding diaryl/α,β-unsaturated/α-hetero) is 1. The summed E-state index contributed by atoms with van der Waals surface area (Å²) in [6, 6.07) is 8.88. The summed E-state index contributed by atoms with van der Waals surface area (Å²) in [5.74, 6) is 1.97. The fraction of sp³-hybridized carbons (Fsp3) is 0.200. The molecule has 0 amide bonds. The van der Waals surface area contributed by atoms with Crippen LogP contribution in [0, 0.1) is 0 Å². The second-order valence-corrected chi connectivity index (χ2v) is 6.67. The molecule has 0 N–H and O–H groups in total. The Hall–Kier alpha value is -3.13. The highest BCUT2D eigenvalue weighted by Gasteiger charge is 2.16. The van der Waals surface area contributed by atoms with Gasteiger partial charge in [0.25, 0.3) is 0 Å². The number of pyridine rings is 1. The number of ether oxygens (including phenoxy) is 2. The number of ketones is 1. The third-order valence-electron chi connectivity index (χ3n) is 3.99. The molecule has 8 heteroatoms. The smallest absolute Gasteiger partial charge is 0.192 e. The van der Waals surface area contributed by atoms with E-state index < -0.39 is 0 Å². The maximum absolute atomic E-state index is 12.6. The quantitative estimate of drug-likeness (QED) is 0.311. The number of nitrogens with zero attached hydrogens (tertiary/aromatic N) is 4.